The normalized spacial score (nSPS) is 14.6. The molecule has 1 fully saturated rings. The summed E-state index contributed by atoms with van der Waals surface area (Å²) in [7, 11) is 0. The fourth-order valence-corrected chi connectivity index (χ4v) is 3.74. The zero-order chi connectivity index (χ0) is 17.6. The molecule has 1 aliphatic rings. The number of nitrogens with zero attached hydrogens (tertiary/aromatic N) is 1. The van der Waals surface area contributed by atoms with Crippen LogP contribution in [0.2, 0.25) is 0 Å². The largest absolute Gasteiger partial charge is 0.459 e. The number of hydrogen-bond donors (Lipinski definition) is 2. The van der Waals surface area contributed by atoms with Crippen LogP contribution in [0.5, 0.6) is 0 Å². The molecule has 0 unspecified atom stereocenters. The monoisotopic (exact) mass is 361 g/mol. The Hall–Kier alpha value is -2.15. The Bertz CT molecular complexity index is 732. The lowest BCUT2D eigenvalue weighted by molar-refractivity contribution is -0.122. The molecule has 0 atom stereocenters. The van der Waals surface area contributed by atoms with Gasteiger partial charge in [0.05, 0.1) is 12.1 Å². The zero-order valence-corrected chi connectivity index (χ0v) is 15.2. The number of thiazole rings is 1. The summed E-state index contributed by atoms with van der Waals surface area (Å²) >= 11 is 1.46. The van der Waals surface area contributed by atoms with Crippen molar-refractivity contribution in [1.29, 1.82) is 0 Å². The number of carbonyl (C=O) groups is 2. The first-order valence-electron chi connectivity index (χ1n) is 8.67. The molecular formula is C18H23N3O3S. The fraction of sp³-hybridized carbons (Fsp3) is 0.500. The molecule has 0 saturated heterocycles. The number of nitrogens with one attached hydrogen (secondary N) is 2. The average molecular weight is 361 g/mol. The Morgan fingerprint density at radius 2 is 2.08 bits per heavy atom. The molecule has 0 aromatic carbocycles. The highest BCUT2D eigenvalue weighted by molar-refractivity contribution is 7.13. The van der Waals surface area contributed by atoms with Crippen molar-refractivity contribution in [3.63, 3.8) is 0 Å². The minimum absolute atomic E-state index is 0.0105. The Morgan fingerprint density at radius 1 is 1.28 bits per heavy atom. The van der Waals surface area contributed by atoms with E-state index in [9.17, 15) is 9.59 Å². The maximum atomic E-state index is 12.0. The van der Waals surface area contributed by atoms with Crippen molar-refractivity contribution in [2.75, 3.05) is 6.54 Å². The summed E-state index contributed by atoms with van der Waals surface area (Å²) < 4.78 is 5.54. The van der Waals surface area contributed by atoms with E-state index < -0.39 is 0 Å². The van der Waals surface area contributed by atoms with E-state index in [-0.39, 0.29) is 18.2 Å². The quantitative estimate of drug-likeness (QED) is 0.794. The van der Waals surface area contributed by atoms with Crippen LogP contribution in [0.3, 0.4) is 0 Å². The smallest absolute Gasteiger partial charge is 0.226 e. The van der Waals surface area contributed by atoms with Crippen molar-refractivity contribution in [3.8, 4) is 10.8 Å². The summed E-state index contributed by atoms with van der Waals surface area (Å²) in [5, 5.41) is 8.43. The molecule has 25 heavy (non-hydrogen) atoms. The molecule has 0 aliphatic heterocycles. The van der Waals surface area contributed by atoms with Crippen molar-refractivity contribution in [2.45, 2.75) is 51.5 Å². The molecule has 1 saturated carbocycles. The van der Waals surface area contributed by atoms with Crippen molar-refractivity contribution >= 4 is 23.2 Å². The Balaban J connectivity index is 1.39. The second kappa shape index (κ2) is 8.29. The van der Waals surface area contributed by atoms with E-state index in [0.29, 0.717) is 24.7 Å². The lowest BCUT2D eigenvalue weighted by Crippen LogP contribution is -2.35. The summed E-state index contributed by atoms with van der Waals surface area (Å²) in [6.45, 7) is 2.24. The molecule has 1 aliphatic carbocycles. The molecule has 0 spiro atoms. The van der Waals surface area contributed by atoms with E-state index in [1.54, 1.807) is 0 Å². The summed E-state index contributed by atoms with van der Waals surface area (Å²) in [5.41, 5.74) is 0.710. The first kappa shape index (κ1) is 17.7. The van der Waals surface area contributed by atoms with Gasteiger partial charge in [-0.05, 0) is 31.9 Å². The molecule has 2 aromatic rings. The van der Waals surface area contributed by atoms with Crippen LogP contribution in [-0.2, 0) is 16.0 Å². The first-order chi connectivity index (χ1) is 12.1. The Kier molecular flexibility index (Phi) is 5.86. The number of rotatable bonds is 7. The van der Waals surface area contributed by atoms with Crippen LogP contribution in [0.1, 0.15) is 43.6 Å². The molecule has 0 radical (unpaired) electrons. The predicted molar refractivity (Wildman–Crippen MR) is 96.3 cm³/mol. The summed E-state index contributed by atoms with van der Waals surface area (Å²) in [6.07, 6.45) is 5.04. The highest BCUT2D eigenvalue weighted by Gasteiger charge is 2.17. The lowest BCUT2D eigenvalue weighted by atomic mass is 10.2. The molecule has 2 aromatic heterocycles. The van der Waals surface area contributed by atoms with E-state index in [1.807, 2.05) is 24.4 Å². The van der Waals surface area contributed by atoms with Gasteiger partial charge in [0.25, 0.3) is 0 Å². The van der Waals surface area contributed by atoms with Gasteiger partial charge in [0, 0.05) is 24.4 Å². The van der Waals surface area contributed by atoms with Gasteiger partial charge in [-0.15, -0.1) is 11.3 Å². The minimum Gasteiger partial charge on any atom is -0.459 e. The van der Waals surface area contributed by atoms with Gasteiger partial charge in [-0.1, -0.05) is 12.8 Å². The molecule has 134 valence electrons. The number of aryl methyl sites for hydroxylation is 1. The standard InChI is InChI=1S/C18H23N3O3S/c1-12-6-7-15(24-12)18-21-14(11-25-18)10-17(23)19-9-8-16(22)20-13-4-2-3-5-13/h6-7,11,13H,2-5,8-10H2,1H3,(H,19,23)(H,20,22). The van der Waals surface area contributed by atoms with E-state index in [2.05, 4.69) is 15.6 Å². The molecule has 2 N–H and O–H groups in total. The molecule has 3 rings (SSSR count). The SMILES string of the molecule is Cc1ccc(-c2nc(CC(=O)NCCC(=O)NC3CCCC3)cs2)o1. The highest BCUT2D eigenvalue weighted by Crippen LogP contribution is 2.25. The maximum Gasteiger partial charge on any atom is 0.226 e. The lowest BCUT2D eigenvalue weighted by Gasteiger charge is -2.11. The molecule has 6 nitrogen and oxygen atoms in total. The summed E-state index contributed by atoms with van der Waals surface area (Å²) in [6, 6.07) is 4.09. The van der Waals surface area contributed by atoms with E-state index in [4.69, 9.17) is 4.42 Å². The van der Waals surface area contributed by atoms with Crippen molar-refractivity contribution in [3.05, 3.63) is 29.0 Å². The van der Waals surface area contributed by atoms with Gasteiger partial charge in [-0.25, -0.2) is 4.98 Å². The van der Waals surface area contributed by atoms with Gasteiger partial charge < -0.3 is 15.1 Å². The first-order valence-corrected chi connectivity index (χ1v) is 9.55. The van der Waals surface area contributed by atoms with Crippen LogP contribution in [0.25, 0.3) is 10.8 Å². The number of aromatic nitrogens is 1. The Labute approximate surface area is 151 Å². The van der Waals surface area contributed by atoms with Crippen molar-refractivity contribution in [2.24, 2.45) is 0 Å². The van der Waals surface area contributed by atoms with Crippen LogP contribution in [0, 0.1) is 6.92 Å². The summed E-state index contributed by atoms with van der Waals surface area (Å²) in [4.78, 5) is 28.2. The van der Waals surface area contributed by atoms with Crippen LogP contribution >= 0.6 is 11.3 Å². The highest BCUT2D eigenvalue weighted by atomic mass is 32.1. The Morgan fingerprint density at radius 3 is 2.80 bits per heavy atom. The number of hydrogen-bond acceptors (Lipinski definition) is 5. The third-order valence-corrected chi connectivity index (χ3v) is 5.14. The number of furan rings is 1. The van der Waals surface area contributed by atoms with Crippen LogP contribution in [0.15, 0.2) is 21.9 Å². The van der Waals surface area contributed by atoms with Crippen molar-refractivity contribution in [1.82, 2.24) is 15.6 Å². The third kappa shape index (κ3) is 5.16. The minimum atomic E-state index is -0.124. The van der Waals surface area contributed by atoms with Gasteiger partial charge in [-0.3, -0.25) is 9.59 Å². The van der Waals surface area contributed by atoms with Gasteiger partial charge in [-0.2, -0.15) is 0 Å². The van der Waals surface area contributed by atoms with Crippen molar-refractivity contribution < 1.29 is 14.0 Å². The predicted octanol–water partition coefficient (Wildman–Crippen LogP) is 2.82. The van der Waals surface area contributed by atoms with Crippen LogP contribution in [0.4, 0.5) is 0 Å². The molecule has 7 heteroatoms. The average Bonchev–Trinajstić information content (AvgIpc) is 3.29. The fourth-order valence-electron chi connectivity index (χ4n) is 2.96. The molecular weight excluding hydrogens is 338 g/mol. The van der Waals surface area contributed by atoms with Gasteiger partial charge in [0.1, 0.15) is 5.76 Å². The van der Waals surface area contributed by atoms with Gasteiger partial charge >= 0.3 is 0 Å². The number of amides is 2. The summed E-state index contributed by atoms with van der Waals surface area (Å²) in [5.74, 6) is 1.44. The second-order valence-corrected chi connectivity index (χ2v) is 7.24. The molecule has 0 bridgehead atoms. The second-order valence-electron chi connectivity index (χ2n) is 6.38. The van der Waals surface area contributed by atoms with Gasteiger partial charge in [0.2, 0.25) is 11.8 Å². The maximum absolute atomic E-state index is 12.0. The zero-order valence-electron chi connectivity index (χ0n) is 14.3. The van der Waals surface area contributed by atoms with Crippen LogP contribution in [-0.4, -0.2) is 29.4 Å². The third-order valence-electron chi connectivity index (χ3n) is 4.24. The number of carbonyl (C=O) groups excluding carboxylic acids is 2. The molecule has 2 heterocycles. The van der Waals surface area contributed by atoms with Gasteiger partial charge in [0.15, 0.2) is 10.8 Å². The van der Waals surface area contributed by atoms with E-state index in [1.165, 1.54) is 24.2 Å². The molecule has 2 amide bonds. The topological polar surface area (TPSA) is 84.2 Å². The van der Waals surface area contributed by atoms with Crippen LogP contribution < -0.4 is 10.6 Å². The van der Waals surface area contributed by atoms with E-state index in [0.717, 1.165) is 29.4 Å². The van der Waals surface area contributed by atoms with E-state index >= 15 is 0 Å².